The van der Waals surface area contributed by atoms with Crippen LogP contribution in [0.25, 0.3) is 0 Å². The fourth-order valence-electron chi connectivity index (χ4n) is 2.08. The molecule has 0 saturated carbocycles. The lowest BCUT2D eigenvalue weighted by Gasteiger charge is -2.11. The van der Waals surface area contributed by atoms with Crippen molar-refractivity contribution in [2.75, 3.05) is 16.8 Å². The predicted octanol–water partition coefficient (Wildman–Crippen LogP) is 2.72. The number of alkyl halides is 3. The number of anilines is 2. The lowest BCUT2D eigenvalue weighted by molar-refractivity contribution is -0.167. The number of hydrogen-bond acceptors (Lipinski definition) is 5. The van der Waals surface area contributed by atoms with E-state index in [4.69, 9.17) is 9.47 Å². The molecule has 1 heterocycles. The van der Waals surface area contributed by atoms with Crippen LogP contribution in [-0.2, 0) is 14.8 Å². The average Bonchev–Trinajstić information content (AvgIpc) is 3.03. The summed E-state index contributed by atoms with van der Waals surface area (Å²) in [5.41, 5.74) is -0.0222. The van der Waals surface area contributed by atoms with Gasteiger partial charge in [-0.1, -0.05) is 0 Å². The molecule has 7 nitrogen and oxygen atoms in total. The first-order chi connectivity index (χ1) is 12.1. The van der Waals surface area contributed by atoms with E-state index in [0.29, 0.717) is 5.75 Å². The number of carbonyl (C=O) groups excluding carboxylic acids is 1. The molecule has 0 unspecified atom stereocenters. The summed E-state index contributed by atoms with van der Waals surface area (Å²) >= 11 is 0. The predicted molar refractivity (Wildman–Crippen MR) is 84.5 cm³/mol. The minimum atomic E-state index is -5.01. The minimum Gasteiger partial charge on any atom is -0.454 e. The van der Waals surface area contributed by atoms with E-state index in [1.807, 2.05) is 0 Å². The van der Waals surface area contributed by atoms with E-state index < -0.39 is 22.1 Å². The number of carbonyl (C=O) groups is 1. The van der Waals surface area contributed by atoms with Crippen LogP contribution in [0.4, 0.5) is 24.5 Å². The molecular formula is C15H11F3N2O5S. The fraction of sp³-hybridized carbons (Fsp3) is 0.133. The van der Waals surface area contributed by atoms with Crippen molar-refractivity contribution in [3.63, 3.8) is 0 Å². The first-order valence-corrected chi connectivity index (χ1v) is 8.54. The van der Waals surface area contributed by atoms with Gasteiger partial charge in [-0.2, -0.15) is 13.2 Å². The van der Waals surface area contributed by atoms with E-state index >= 15 is 0 Å². The topological polar surface area (TPSA) is 93.7 Å². The van der Waals surface area contributed by atoms with Gasteiger partial charge in [0.1, 0.15) is 0 Å². The van der Waals surface area contributed by atoms with E-state index in [1.54, 1.807) is 5.32 Å². The Morgan fingerprint density at radius 2 is 1.58 bits per heavy atom. The molecule has 0 aromatic heterocycles. The molecule has 0 radical (unpaired) electrons. The third-order valence-electron chi connectivity index (χ3n) is 3.31. The van der Waals surface area contributed by atoms with Gasteiger partial charge < -0.3 is 14.8 Å². The average molecular weight is 388 g/mol. The molecule has 2 N–H and O–H groups in total. The van der Waals surface area contributed by atoms with Gasteiger partial charge in [-0.05, 0) is 36.4 Å². The fourth-order valence-corrected chi connectivity index (χ4v) is 3.16. The summed E-state index contributed by atoms with van der Waals surface area (Å²) in [5, 5.41) is 1.66. The highest BCUT2D eigenvalue weighted by molar-refractivity contribution is 7.92. The SMILES string of the molecule is O=C(Nc1ccc(NS(=O)(=O)c2ccc3c(c2)OCO3)cc1)C(F)(F)F. The number of halogens is 3. The van der Waals surface area contributed by atoms with Crippen LogP contribution >= 0.6 is 0 Å². The van der Waals surface area contributed by atoms with Gasteiger partial charge in [0.25, 0.3) is 10.0 Å². The number of rotatable bonds is 4. The van der Waals surface area contributed by atoms with Crippen molar-refractivity contribution in [2.24, 2.45) is 0 Å². The molecule has 0 spiro atoms. The lowest BCUT2D eigenvalue weighted by atomic mass is 10.3. The zero-order valence-electron chi connectivity index (χ0n) is 12.8. The van der Waals surface area contributed by atoms with Gasteiger partial charge >= 0.3 is 12.1 Å². The summed E-state index contributed by atoms with van der Waals surface area (Å²) in [5.74, 6) is -1.40. The Balaban J connectivity index is 1.73. The van der Waals surface area contributed by atoms with Crippen molar-refractivity contribution in [2.45, 2.75) is 11.1 Å². The van der Waals surface area contributed by atoms with E-state index in [1.165, 1.54) is 30.3 Å². The summed E-state index contributed by atoms with van der Waals surface area (Å²) in [6.07, 6.45) is -5.01. The van der Waals surface area contributed by atoms with E-state index in [2.05, 4.69) is 4.72 Å². The zero-order valence-corrected chi connectivity index (χ0v) is 13.6. The molecule has 0 fully saturated rings. The molecule has 26 heavy (non-hydrogen) atoms. The van der Waals surface area contributed by atoms with Crippen molar-refractivity contribution in [1.29, 1.82) is 0 Å². The lowest BCUT2D eigenvalue weighted by Crippen LogP contribution is -2.29. The number of amides is 1. The second-order valence-electron chi connectivity index (χ2n) is 5.15. The summed E-state index contributed by atoms with van der Waals surface area (Å²) in [7, 11) is -3.95. The van der Waals surface area contributed by atoms with Crippen LogP contribution < -0.4 is 19.5 Å². The van der Waals surface area contributed by atoms with E-state index in [-0.39, 0.29) is 28.8 Å². The van der Waals surface area contributed by atoms with E-state index in [9.17, 15) is 26.4 Å². The molecule has 11 heteroatoms. The van der Waals surface area contributed by atoms with Gasteiger partial charge in [0.15, 0.2) is 11.5 Å². The molecule has 1 amide bonds. The molecule has 2 aromatic rings. The quantitative estimate of drug-likeness (QED) is 0.840. The second-order valence-corrected chi connectivity index (χ2v) is 6.83. The highest BCUT2D eigenvalue weighted by atomic mass is 32.2. The smallest absolute Gasteiger partial charge is 0.454 e. The number of fused-ring (bicyclic) bond motifs is 1. The second kappa shape index (κ2) is 6.41. The van der Waals surface area contributed by atoms with Crippen LogP contribution in [0, 0.1) is 0 Å². The molecular weight excluding hydrogens is 377 g/mol. The highest BCUT2D eigenvalue weighted by Crippen LogP contribution is 2.34. The number of hydrogen-bond donors (Lipinski definition) is 2. The van der Waals surface area contributed by atoms with Crippen LogP contribution in [0.2, 0.25) is 0 Å². The van der Waals surface area contributed by atoms with Crippen LogP contribution in [0.1, 0.15) is 0 Å². The normalized spacial score (nSPS) is 13.3. The van der Waals surface area contributed by atoms with Crippen molar-refractivity contribution < 1.29 is 35.9 Å². The molecule has 1 aliphatic heterocycles. The summed E-state index contributed by atoms with van der Waals surface area (Å²) in [6.45, 7) is -0.00261. The summed E-state index contributed by atoms with van der Waals surface area (Å²) < 4.78 is 73.8. The number of ether oxygens (including phenoxy) is 2. The standard InChI is InChI=1S/C15H11F3N2O5S/c16-15(17,18)14(21)19-9-1-3-10(4-2-9)20-26(22,23)11-5-6-12-13(7-11)25-8-24-12/h1-7,20H,8H2,(H,19,21). The molecule has 0 aliphatic carbocycles. The first-order valence-electron chi connectivity index (χ1n) is 7.06. The van der Waals surface area contributed by atoms with E-state index in [0.717, 1.165) is 12.1 Å². The Morgan fingerprint density at radius 1 is 0.962 bits per heavy atom. The summed E-state index contributed by atoms with van der Waals surface area (Å²) in [6, 6.07) is 8.79. The van der Waals surface area contributed by atoms with Crippen molar-refractivity contribution >= 4 is 27.3 Å². The third kappa shape index (κ3) is 3.82. The van der Waals surface area contributed by atoms with Gasteiger partial charge in [-0.3, -0.25) is 9.52 Å². The maximum Gasteiger partial charge on any atom is 0.471 e. The maximum atomic E-state index is 12.4. The van der Waals surface area contributed by atoms with Gasteiger partial charge in [0, 0.05) is 17.4 Å². The van der Waals surface area contributed by atoms with Crippen LogP contribution in [-0.4, -0.2) is 27.3 Å². The monoisotopic (exact) mass is 388 g/mol. The largest absolute Gasteiger partial charge is 0.471 e. The molecule has 138 valence electrons. The molecule has 2 aromatic carbocycles. The highest BCUT2D eigenvalue weighted by Gasteiger charge is 2.38. The third-order valence-corrected chi connectivity index (χ3v) is 4.69. The first kappa shape index (κ1) is 17.9. The Morgan fingerprint density at radius 3 is 2.23 bits per heavy atom. The molecule has 0 atom stereocenters. The number of nitrogens with one attached hydrogen (secondary N) is 2. The maximum absolute atomic E-state index is 12.4. The molecule has 1 aliphatic rings. The molecule has 3 rings (SSSR count). The van der Waals surface area contributed by atoms with Crippen LogP contribution in [0.5, 0.6) is 11.5 Å². The van der Waals surface area contributed by atoms with Gasteiger partial charge in [0.05, 0.1) is 4.90 Å². The zero-order chi connectivity index (χ0) is 18.9. The van der Waals surface area contributed by atoms with Crippen molar-refractivity contribution in [3.8, 4) is 11.5 Å². The molecule has 0 saturated heterocycles. The van der Waals surface area contributed by atoms with Gasteiger partial charge in [-0.15, -0.1) is 0 Å². The Labute approximate surface area is 145 Å². The van der Waals surface area contributed by atoms with Crippen molar-refractivity contribution in [1.82, 2.24) is 0 Å². The minimum absolute atomic E-state index is 0.00261. The van der Waals surface area contributed by atoms with Crippen LogP contribution in [0.15, 0.2) is 47.4 Å². The van der Waals surface area contributed by atoms with Crippen molar-refractivity contribution in [3.05, 3.63) is 42.5 Å². The summed E-state index contributed by atoms with van der Waals surface area (Å²) in [4.78, 5) is 10.8. The Bertz CT molecular complexity index is 943. The Kier molecular flexibility index (Phi) is 4.40. The van der Waals surface area contributed by atoms with Gasteiger partial charge in [-0.25, -0.2) is 8.42 Å². The Hall–Kier alpha value is -2.95. The molecule has 0 bridgehead atoms. The number of benzene rings is 2. The number of sulfonamides is 1. The van der Waals surface area contributed by atoms with Gasteiger partial charge in [0.2, 0.25) is 6.79 Å². The van der Waals surface area contributed by atoms with Crippen LogP contribution in [0.3, 0.4) is 0 Å².